The molecule has 0 spiro atoms. The third kappa shape index (κ3) is 3.94. The molecule has 0 saturated carbocycles. The van der Waals surface area contributed by atoms with Crippen LogP contribution in [-0.4, -0.2) is 72.3 Å². The van der Waals surface area contributed by atoms with Crippen molar-refractivity contribution in [2.75, 3.05) is 39.3 Å². The van der Waals surface area contributed by atoms with Gasteiger partial charge in [0.25, 0.3) is 0 Å². The molecule has 1 amide bonds. The third-order valence-electron chi connectivity index (χ3n) is 5.85. The molecular weight excluding hydrogens is 412 g/mol. The summed E-state index contributed by atoms with van der Waals surface area (Å²) < 4.78 is 29.4. The second-order valence-electron chi connectivity index (χ2n) is 7.49. The van der Waals surface area contributed by atoms with E-state index in [4.69, 9.17) is 11.6 Å². The molecule has 0 bridgehead atoms. The number of hydrogen-bond donors (Lipinski definition) is 0. The van der Waals surface area contributed by atoms with Gasteiger partial charge in [-0.25, -0.2) is 8.42 Å². The number of fused-ring (bicyclic) bond motifs is 1. The highest BCUT2D eigenvalue weighted by molar-refractivity contribution is 7.89. The van der Waals surface area contributed by atoms with E-state index in [1.54, 1.807) is 23.1 Å². The SMILES string of the molecule is CC1c2cccn2CCN1CC(=O)N1CCN(S(=O)(=O)c2ccccc2Cl)CC1. The Morgan fingerprint density at radius 3 is 2.48 bits per heavy atom. The Morgan fingerprint density at radius 1 is 1.03 bits per heavy atom. The molecule has 29 heavy (non-hydrogen) atoms. The summed E-state index contributed by atoms with van der Waals surface area (Å²) in [4.78, 5) is 16.9. The first-order valence-corrected chi connectivity index (χ1v) is 11.6. The number of rotatable bonds is 4. The van der Waals surface area contributed by atoms with Crippen LogP contribution in [0.25, 0.3) is 0 Å². The van der Waals surface area contributed by atoms with E-state index in [1.165, 1.54) is 16.1 Å². The monoisotopic (exact) mass is 436 g/mol. The van der Waals surface area contributed by atoms with Crippen molar-refractivity contribution in [3.05, 3.63) is 53.3 Å². The van der Waals surface area contributed by atoms with E-state index in [9.17, 15) is 13.2 Å². The summed E-state index contributed by atoms with van der Waals surface area (Å²) in [7, 11) is -3.65. The van der Waals surface area contributed by atoms with Crippen molar-refractivity contribution in [1.29, 1.82) is 0 Å². The molecule has 1 aromatic carbocycles. The summed E-state index contributed by atoms with van der Waals surface area (Å²) in [6.07, 6.45) is 2.07. The zero-order valence-electron chi connectivity index (χ0n) is 16.4. The Balaban J connectivity index is 1.36. The van der Waals surface area contributed by atoms with Crippen LogP contribution >= 0.6 is 11.6 Å². The number of amides is 1. The number of carbonyl (C=O) groups excluding carboxylic acids is 1. The molecule has 7 nitrogen and oxygen atoms in total. The molecule has 1 fully saturated rings. The van der Waals surface area contributed by atoms with Gasteiger partial charge in [-0.3, -0.25) is 9.69 Å². The molecule has 1 atom stereocenters. The molecule has 4 rings (SSSR count). The van der Waals surface area contributed by atoms with Gasteiger partial charge in [0, 0.05) is 57.2 Å². The fourth-order valence-electron chi connectivity index (χ4n) is 4.09. The molecule has 0 N–H and O–H groups in total. The second kappa shape index (κ2) is 8.10. The topological polar surface area (TPSA) is 65.9 Å². The maximum Gasteiger partial charge on any atom is 0.244 e. The van der Waals surface area contributed by atoms with Gasteiger partial charge < -0.3 is 9.47 Å². The first kappa shape index (κ1) is 20.4. The number of aromatic nitrogens is 1. The minimum atomic E-state index is -3.65. The average Bonchev–Trinajstić information content (AvgIpc) is 3.20. The van der Waals surface area contributed by atoms with Crippen molar-refractivity contribution in [3.63, 3.8) is 0 Å². The van der Waals surface area contributed by atoms with E-state index in [1.807, 2.05) is 6.07 Å². The molecule has 156 valence electrons. The molecule has 2 aliphatic heterocycles. The van der Waals surface area contributed by atoms with Crippen molar-refractivity contribution in [1.82, 2.24) is 18.7 Å². The summed E-state index contributed by atoms with van der Waals surface area (Å²) in [5, 5.41) is 0.217. The minimum Gasteiger partial charge on any atom is -0.349 e. The quantitative estimate of drug-likeness (QED) is 0.735. The highest BCUT2D eigenvalue weighted by Gasteiger charge is 2.32. The van der Waals surface area contributed by atoms with Gasteiger partial charge in [0.15, 0.2) is 0 Å². The summed E-state index contributed by atoms with van der Waals surface area (Å²) in [6.45, 7) is 5.51. The summed E-state index contributed by atoms with van der Waals surface area (Å²) in [5.41, 5.74) is 1.22. The normalized spacial score (nSPS) is 21.2. The van der Waals surface area contributed by atoms with E-state index in [0.29, 0.717) is 19.6 Å². The van der Waals surface area contributed by atoms with E-state index >= 15 is 0 Å². The average molecular weight is 437 g/mol. The Bertz CT molecular complexity index is 999. The van der Waals surface area contributed by atoms with Crippen LogP contribution in [0.4, 0.5) is 0 Å². The molecule has 3 heterocycles. The van der Waals surface area contributed by atoms with Crippen molar-refractivity contribution < 1.29 is 13.2 Å². The van der Waals surface area contributed by atoms with Crippen LogP contribution in [0.5, 0.6) is 0 Å². The molecule has 1 unspecified atom stereocenters. The van der Waals surface area contributed by atoms with Gasteiger partial charge >= 0.3 is 0 Å². The van der Waals surface area contributed by atoms with Gasteiger partial charge in [-0.2, -0.15) is 4.31 Å². The standard InChI is InChI=1S/C20H25ClN4O3S/c1-16-18-6-4-8-22(18)9-10-24(16)15-20(26)23-11-13-25(14-12-23)29(27,28)19-7-3-2-5-17(19)21/h2-8,16H,9-15H2,1H3. The van der Waals surface area contributed by atoms with E-state index in [2.05, 4.69) is 28.7 Å². The van der Waals surface area contributed by atoms with Crippen LogP contribution in [-0.2, 0) is 21.4 Å². The fraction of sp³-hybridized carbons (Fsp3) is 0.450. The van der Waals surface area contributed by atoms with Crippen molar-refractivity contribution in [2.24, 2.45) is 0 Å². The summed E-state index contributed by atoms with van der Waals surface area (Å²) >= 11 is 6.08. The number of halogens is 1. The molecule has 0 radical (unpaired) electrons. The predicted molar refractivity (Wildman–Crippen MR) is 111 cm³/mol. The van der Waals surface area contributed by atoms with Crippen LogP contribution < -0.4 is 0 Å². The number of carbonyl (C=O) groups is 1. The molecule has 0 aliphatic carbocycles. The fourth-order valence-corrected chi connectivity index (χ4v) is 6.00. The number of piperazine rings is 1. The smallest absolute Gasteiger partial charge is 0.244 e. The number of nitrogens with zero attached hydrogens (tertiary/aromatic N) is 4. The Hall–Kier alpha value is -1.87. The van der Waals surface area contributed by atoms with Crippen LogP contribution in [0.1, 0.15) is 18.7 Å². The van der Waals surface area contributed by atoms with E-state index in [-0.39, 0.29) is 35.0 Å². The van der Waals surface area contributed by atoms with Gasteiger partial charge in [0.05, 0.1) is 11.6 Å². The lowest BCUT2D eigenvalue weighted by Gasteiger charge is -2.38. The van der Waals surface area contributed by atoms with Crippen LogP contribution in [0.2, 0.25) is 5.02 Å². The maximum absolute atomic E-state index is 12.9. The van der Waals surface area contributed by atoms with E-state index in [0.717, 1.165) is 13.1 Å². The third-order valence-corrected chi connectivity index (χ3v) is 8.25. The maximum atomic E-state index is 12.9. The van der Waals surface area contributed by atoms with Crippen molar-refractivity contribution in [3.8, 4) is 0 Å². The predicted octanol–water partition coefficient (Wildman–Crippen LogP) is 2.05. The van der Waals surface area contributed by atoms with Crippen molar-refractivity contribution >= 4 is 27.5 Å². The van der Waals surface area contributed by atoms with Crippen LogP contribution in [0.15, 0.2) is 47.5 Å². The highest BCUT2D eigenvalue weighted by atomic mass is 35.5. The molecule has 1 saturated heterocycles. The van der Waals surface area contributed by atoms with Gasteiger partial charge in [0.1, 0.15) is 4.90 Å². The number of benzene rings is 1. The first-order valence-electron chi connectivity index (χ1n) is 9.79. The Morgan fingerprint density at radius 2 is 1.76 bits per heavy atom. The van der Waals surface area contributed by atoms with Crippen LogP contribution in [0.3, 0.4) is 0 Å². The first-order chi connectivity index (χ1) is 13.9. The molecular formula is C20H25ClN4O3S. The molecule has 9 heteroatoms. The molecule has 2 aliphatic rings. The van der Waals surface area contributed by atoms with Crippen LogP contribution in [0, 0.1) is 0 Å². The lowest BCUT2D eigenvalue weighted by Crippen LogP contribution is -2.53. The van der Waals surface area contributed by atoms with Gasteiger partial charge in [-0.15, -0.1) is 0 Å². The summed E-state index contributed by atoms with van der Waals surface area (Å²) in [5.74, 6) is 0.0478. The van der Waals surface area contributed by atoms with Gasteiger partial charge in [-0.05, 0) is 31.2 Å². The lowest BCUT2D eigenvalue weighted by atomic mass is 10.1. The number of hydrogen-bond acceptors (Lipinski definition) is 4. The van der Waals surface area contributed by atoms with Crippen molar-refractivity contribution in [2.45, 2.75) is 24.4 Å². The van der Waals surface area contributed by atoms with E-state index < -0.39 is 10.0 Å². The zero-order valence-corrected chi connectivity index (χ0v) is 17.9. The number of sulfonamides is 1. The summed E-state index contributed by atoms with van der Waals surface area (Å²) in [6, 6.07) is 10.8. The lowest BCUT2D eigenvalue weighted by molar-refractivity contribution is -0.134. The highest BCUT2D eigenvalue weighted by Crippen LogP contribution is 2.26. The Labute approximate surface area is 176 Å². The van der Waals surface area contributed by atoms with Gasteiger partial charge in [0.2, 0.25) is 15.9 Å². The molecule has 2 aromatic rings. The zero-order chi connectivity index (χ0) is 20.6. The molecule has 1 aromatic heterocycles. The second-order valence-corrected chi connectivity index (χ2v) is 9.80. The largest absolute Gasteiger partial charge is 0.349 e. The minimum absolute atomic E-state index is 0.0478. The Kier molecular flexibility index (Phi) is 5.70. The van der Waals surface area contributed by atoms with Gasteiger partial charge in [-0.1, -0.05) is 23.7 Å².